The van der Waals surface area contributed by atoms with Crippen LogP contribution in [0.2, 0.25) is 0 Å². The number of nitro groups is 1. The lowest BCUT2D eigenvalue weighted by Crippen LogP contribution is -2.28. The zero-order chi connectivity index (χ0) is 19.6. The van der Waals surface area contributed by atoms with Crippen LogP contribution in [-0.4, -0.2) is 31.9 Å². The summed E-state index contributed by atoms with van der Waals surface area (Å²) in [5.41, 5.74) is 3.14. The molecule has 2 N–H and O–H groups in total. The van der Waals surface area contributed by atoms with Gasteiger partial charge in [0.1, 0.15) is 23.2 Å². The van der Waals surface area contributed by atoms with Crippen LogP contribution in [0.1, 0.15) is 29.9 Å². The van der Waals surface area contributed by atoms with Crippen LogP contribution in [0.15, 0.2) is 26.2 Å². The molecule has 0 saturated carbocycles. The molecule has 0 aliphatic heterocycles. The molecule has 11 heteroatoms. The van der Waals surface area contributed by atoms with E-state index in [4.69, 9.17) is 0 Å². The largest absolute Gasteiger partial charge is 0.506 e. The van der Waals surface area contributed by atoms with Gasteiger partial charge >= 0.3 is 5.69 Å². The van der Waals surface area contributed by atoms with Gasteiger partial charge in [0, 0.05) is 10.0 Å². The summed E-state index contributed by atoms with van der Waals surface area (Å²) >= 11 is 6.50. The fourth-order valence-corrected chi connectivity index (χ4v) is 3.61. The number of rotatable bonds is 5. The Morgan fingerprint density at radius 1 is 1.46 bits per heavy atom. The average Bonchev–Trinajstić information content (AvgIpc) is 2.85. The van der Waals surface area contributed by atoms with Crippen LogP contribution in [0, 0.1) is 24.0 Å². The Balaban J connectivity index is 2.16. The first-order valence-electron chi connectivity index (χ1n) is 7.34. The van der Waals surface area contributed by atoms with Crippen LogP contribution in [-0.2, 0) is 4.79 Å². The minimum Gasteiger partial charge on any atom is -0.506 e. The zero-order valence-electron chi connectivity index (χ0n) is 14.0. The number of halogens is 2. The van der Waals surface area contributed by atoms with Crippen molar-refractivity contribution in [3.63, 3.8) is 0 Å². The summed E-state index contributed by atoms with van der Waals surface area (Å²) in [6, 6.07) is 2.49. The molecule has 1 unspecified atom stereocenters. The fourth-order valence-electron chi connectivity index (χ4n) is 2.35. The highest BCUT2D eigenvalue weighted by Gasteiger charge is 2.26. The van der Waals surface area contributed by atoms with E-state index >= 15 is 0 Å². The van der Waals surface area contributed by atoms with Gasteiger partial charge in [-0.05, 0) is 48.8 Å². The Labute approximate surface area is 165 Å². The van der Waals surface area contributed by atoms with Crippen LogP contribution in [0.25, 0.3) is 0 Å². The highest BCUT2D eigenvalue weighted by molar-refractivity contribution is 9.11. The van der Waals surface area contributed by atoms with Crippen LogP contribution >= 0.6 is 31.9 Å². The van der Waals surface area contributed by atoms with E-state index < -0.39 is 16.9 Å². The van der Waals surface area contributed by atoms with Crippen LogP contribution < -0.4 is 5.43 Å². The lowest BCUT2D eigenvalue weighted by Gasteiger charge is -2.11. The van der Waals surface area contributed by atoms with Crippen molar-refractivity contribution in [2.45, 2.75) is 26.8 Å². The monoisotopic (exact) mass is 487 g/mol. The summed E-state index contributed by atoms with van der Waals surface area (Å²) in [6.45, 7) is 4.60. The third kappa shape index (κ3) is 4.10. The van der Waals surface area contributed by atoms with Gasteiger partial charge in [0.05, 0.1) is 15.6 Å². The molecule has 0 fully saturated rings. The van der Waals surface area contributed by atoms with Crippen LogP contribution in [0.5, 0.6) is 5.75 Å². The molecule has 9 nitrogen and oxygen atoms in total. The van der Waals surface area contributed by atoms with Crippen LogP contribution in [0.3, 0.4) is 0 Å². The lowest BCUT2D eigenvalue weighted by atomic mass is 10.2. The van der Waals surface area contributed by atoms with Gasteiger partial charge in [-0.2, -0.15) is 10.2 Å². The summed E-state index contributed by atoms with van der Waals surface area (Å²) in [5.74, 6) is -0.524. The number of phenols is 1. The molecule has 0 bridgehead atoms. The van der Waals surface area contributed by atoms with E-state index in [9.17, 15) is 20.0 Å². The zero-order valence-corrected chi connectivity index (χ0v) is 17.2. The van der Waals surface area contributed by atoms with Gasteiger partial charge in [-0.3, -0.25) is 19.6 Å². The van der Waals surface area contributed by atoms with E-state index in [-0.39, 0.29) is 22.8 Å². The molecule has 1 amide bonds. The van der Waals surface area contributed by atoms with Crippen molar-refractivity contribution in [1.82, 2.24) is 15.2 Å². The smallest absolute Gasteiger partial charge is 0.312 e. The molecule has 0 aliphatic carbocycles. The van der Waals surface area contributed by atoms with Gasteiger partial charge in [0.2, 0.25) is 0 Å². The molecule has 138 valence electrons. The standard InChI is InChI=1S/C15H15Br2N5O4/c1-7-13(22(25)26)8(2)21(20-7)9(3)15(24)19-18-6-10-4-11(16)5-12(17)14(10)23/h4-6,9,23H,1-3H3,(H,19,24). The maximum atomic E-state index is 12.3. The number of aromatic nitrogens is 2. The van der Waals surface area contributed by atoms with Crippen molar-refractivity contribution in [2.75, 3.05) is 0 Å². The van der Waals surface area contributed by atoms with Gasteiger partial charge < -0.3 is 5.11 Å². The Hall–Kier alpha value is -2.27. The van der Waals surface area contributed by atoms with E-state index in [1.54, 1.807) is 19.1 Å². The normalized spacial score (nSPS) is 12.3. The Morgan fingerprint density at radius 3 is 2.69 bits per heavy atom. The molecular formula is C15H15Br2N5O4. The molecule has 0 aliphatic rings. The molecule has 1 atom stereocenters. The number of benzene rings is 1. The number of amides is 1. The Bertz CT molecular complexity index is 910. The third-order valence-electron chi connectivity index (χ3n) is 3.65. The minimum atomic E-state index is -0.803. The Kier molecular flexibility index (Phi) is 6.13. The number of carbonyl (C=O) groups is 1. The van der Waals surface area contributed by atoms with Gasteiger partial charge in [-0.1, -0.05) is 15.9 Å². The number of hydrogen-bond acceptors (Lipinski definition) is 6. The second-order valence-corrected chi connectivity index (χ2v) is 7.23. The molecule has 0 saturated heterocycles. The molecule has 2 rings (SSSR count). The minimum absolute atomic E-state index is 0.0200. The Morgan fingerprint density at radius 2 is 2.12 bits per heavy atom. The summed E-state index contributed by atoms with van der Waals surface area (Å²) in [7, 11) is 0. The molecule has 2 aromatic rings. The maximum Gasteiger partial charge on any atom is 0.312 e. The number of nitrogens with zero attached hydrogens (tertiary/aromatic N) is 4. The van der Waals surface area contributed by atoms with E-state index in [0.29, 0.717) is 10.0 Å². The predicted octanol–water partition coefficient (Wildman–Crippen LogP) is 3.35. The summed E-state index contributed by atoms with van der Waals surface area (Å²) in [5, 5.41) is 28.9. The van der Waals surface area contributed by atoms with E-state index in [2.05, 4.69) is 47.5 Å². The first-order chi connectivity index (χ1) is 12.1. The quantitative estimate of drug-likeness (QED) is 0.379. The number of nitrogens with one attached hydrogen (secondary N) is 1. The highest BCUT2D eigenvalue weighted by atomic mass is 79.9. The molecular weight excluding hydrogens is 474 g/mol. The highest BCUT2D eigenvalue weighted by Crippen LogP contribution is 2.30. The van der Waals surface area contributed by atoms with Crippen molar-refractivity contribution in [2.24, 2.45) is 5.10 Å². The van der Waals surface area contributed by atoms with E-state index in [1.807, 2.05) is 0 Å². The van der Waals surface area contributed by atoms with Crippen molar-refractivity contribution in [3.05, 3.63) is 48.1 Å². The van der Waals surface area contributed by atoms with Gasteiger partial charge in [0.25, 0.3) is 5.91 Å². The maximum absolute atomic E-state index is 12.3. The summed E-state index contributed by atoms with van der Waals surface area (Å²) in [4.78, 5) is 22.8. The molecule has 1 aromatic carbocycles. The molecule has 26 heavy (non-hydrogen) atoms. The van der Waals surface area contributed by atoms with Crippen molar-refractivity contribution < 1.29 is 14.8 Å². The molecule has 0 radical (unpaired) electrons. The number of phenolic OH excluding ortho intramolecular Hbond substituents is 1. The number of aryl methyl sites for hydroxylation is 1. The van der Waals surface area contributed by atoms with Crippen LogP contribution in [0.4, 0.5) is 5.69 Å². The van der Waals surface area contributed by atoms with Gasteiger partial charge in [-0.25, -0.2) is 5.43 Å². The topological polar surface area (TPSA) is 123 Å². The predicted molar refractivity (Wildman–Crippen MR) is 102 cm³/mol. The molecule has 0 spiro atoms. The second kappa shape index (κ2) is 7.96. The van der Waals surface area contributed by atoms with Gasteiger partial charge in [-0.15, -0.1) is 0 Å². The van der Waals surface area contributed by atoms with Crippen molar-refractivity contribution in [1.29, 1.82) is 0 Å². The van der Waals surface area contributed by atoms with Crippen molar-refractivity contribution >= 4 is 49.7 Å². The van der Waals surface area contributed by atoms with Gasteiger partial charge in [0.15, 0.2) is 0 Å². The number of hydrazone groups is 1. The molecule has 1 aromatic heterocycles. The SMILES string of the molecule is Cc1nn(C(C)C(=O)NN=Cc2cc(Br)cc(Br)c2O)c(C)c1[N+](=O)[O-]. The number of aromatic hydroxyl groups is 1. The summed E-state index contributed by atoms with van der Waals surface area (Å²) in [6.07, 6.45) is 1.29. The first kappa shape index (κ1) is 20.0. The van der Waals surface area contributed by atoms with E-state index in [0.717, 1.165) is 4.47 Å². The molecule has 1 heterocycles. The number of carbonyl (C=O) groups excluding carboxylic acids is 1. The third-order valence-corrected chi connectivity index (χ3v) is 4.71. The lowest BCUT2D eigenvalue weighted by molar-refractivity contribution is -0.386. The first-order valence-corrected chi connectivity index (χ1v) is 8.93. The average molecular weight is 489 g/mol. The fraction of sp³-hybridized carbons (Fsp3) is 0.267. The van der Waals surface area contributed by atoms with E-state index in [1.165, 1.54) is 24.7 Å². The second-order valence-electron chi connectivity index (χ2n) is 5.46. The summed E-state index contributed by atoms with van der Waals surface area (Å²) < 4.78 is 2.48. The van der Waals surface area contributed by atoms with Crippen molar-refractivity contribution in [3.8, 4) is 5.75 Å². The number of hydrogen-bond donors (Lipinski definition) is 2.